The topological polar surface area (TPSA) is 189 Å². The summed E-state index contributed by atoms with van der Waals surface area (Å²) in [6, 6.07) is -1.17. The van der Waals surface area contributed by atoms with Crippen LogP contribution in [0.1, 0.15) is 296 Å². The summed E-state index contributed by atoms with van der Waals surface area (Å²) >= 11 is 0. The molecule has 9 atom stereocenters. The van der Waals surface area contributed by atoms with Crippen molar-refractivity contribution in [2.24, 2.45) is 0 Å². The second-order valence-corrected chi connectivity index (χ2v) is 22.1. The van der Waals surface area contributed by atoms with E-state index in [1.807, 2.05) is 0 Å². The van der Waals surface area contributed by atoms with Crippen LogP contribution in [0.3, 0.4) is 0 Å². The van der Waals surface area contributed by atoms with Gasteiger partial charge in [0.1, 0.15) is 36.6 Å². The summed E-state index contributed by atoms with van der Waals surface area (Å²) in [5.41, 5.74) is 0. The third-order valence-corrected chi connectivity index (χ3v) is 15.3. The lowest BCUT2D eigenvalue weighted by Crippen LogP contribution is -2.60. The van der Waals surface area contributed by atoms with Crippen LogP contribution in [0.5, 0.6) is 0 Å². The first-order valence-corrected chi connectivity index (χ1v) is 31.2. The van der Waals surface area contributed by atoms with Gasteiger partial charge in [-0.15, -0.1) is 0 Å². The molecule has 0 aromatic carbocycles. The highest BCUT2D eigenvalue weighted by Crippen LogP contribution is 2.24. The Hall–Kier alpha value is -1.41. The van der Waals surface area contributed by atoms with Crippen LogP contribution in [0.25, 0.3) is 0 Å². The third kappa shape index (κ3) is 39.6. The monoisotopic (exact) mass is 1040 g/mol. The Bertz CT molecular complexity index is 1240. The predicted octanol–water partition coefficient (Wildman–Crippen LogP) is 13.7. The highest BCUT2D eigenvalue weighted by Gasteiger charge is 2.44. The maximum atomic E-state index is 13.2. The Morgan fingerprint density at radius 3 is 1.22 bits per heavy atom. The first-order chi connectivity index (χ1) is 35.7. The summed E-state index contributed by atoms with van der Waals surface area (Å²) in [5, 5.41) is 76.3. The zero-order valence-electron chi connectivity index (χ0n) is 47.4. The number of hydrogen-bond donors (Lipinski definition) is 8. The van der Waals surface area contributed by atoms with Gasteiger partial charge in [0, 0.05) is 0 Å². The second-order valence-electron chi connectivity index (χ2n) is 22.1. The first kappa shape index (κ1) is 69.6. The molecule has 1 fully saturated rings. The zero-order valence-corrected chi connectivity index (χ0v) is 47.4. The Morgan fingerprint density at radius 2 is 0.836 bits per heavy atom. The number of aliphatic hydroxyl groups excluding tert-OH is 7. The lowest BCUT2D eigenvalue weighted by atomic mass is 9.98. The molecule has 11 heteroatoms. The van der Waals surface area contributed by atoms with Gasteiger partial charge in [-0.25, -0.2) is 0 Å². The Balaban J connectivity index is 2.27. The van der Waals surface area contributed by atoms with E-state index in [0.717, 1.165) is 51.4 Å². The van der Waals surface area contributed by atoms with Crippen LogP contribution >= 0.6 is 0 Å². The molecule has 9 unspecified atom stereocenters. The standard InChI is InChI=1S/C62H119NO10/c1-3-5-7-9-11-13-15-17-19-21-23-25-26-27-28-29-30-32-34-36-38-40-42-44-46-48-50-55(66)61(71)63-53(52-72-62-60(70)59(69)58(68)56(51-64)73-62)57(67)54(65)49-47-45-43-41-39-37-35-33-31-24-22-20-18-16-14-12-10-8-6-4-2/h23,25,27-28,53-60,62,64-70H,3-22,24,26,29-52H2,1-2H3,(H,63,71)/b25-23-,28-27-. The number of allylic oxidation sites excluding steroid dienone is 4. The summed E-state index contributed by atoms with van der Waals surface area (Å²) in [5.74, 6) is -0.695. The molecule has 73 heavy (non-hydrogen) atoms. The Morgan fingerprint density at radius 1 is 0.479 bits per heavy atom. The van der Waals surface area contributed by atoms with Gasteiger partial charge in [-0.3, -0.25) is 4.79 Å². The first-order valence-electron chi connectivity index (χ1n) is 31.2. The number of unbranched alkanes of at least 4 members (excludes halogenated alkanes) is 38. The van der Waals surface area contributed by atoms with Gasteiger partial charge in [0.05, 0.1) is 25.4 Å². The van der Waals surface area contributed by atoms with E-state index in [1.54, 1.807) is 0 Å². The smallest absolute Gasteiger partial charge is 0.249 e. The molecule has 0 aliphatic carbocycles. The molecule has 1 rings (SSSR count). The third-order valence-electron chi connectivity index (χ3n) is 15.3. The van der Waals surface area contributed by atoms with Gasteiger partial charge >= 0.3 is 0 Å². The maximum Gasteiger partial charge on any atom is 0.249 e. The molecular weight excluding hydrogens is 919 g/mol. The number of carbonyl (C=O) groups is 1. The predicted molar refractivity (Wildman–Crippen MR) is 302 cm³/mol. The highest BCUT2D eigenvalue weighted by atomic mass is 16.7. The van der Waals surface area contributed by atoms with Gasteiger partial charge in [-0.2, -0.15) is 0 Å². The summed E-state index contributed by atoms with van der Waals surface area (Å²) in [6.07, 6.45) is 50.9. The maximum absolute atomic E-state index is 13.2. The number of hydrogen-bond acceptors (Lipinski definition) is 10. The molecular formula is C62H119NO10. The number of carbonyl (C=O) groups excluding carboxylic acids is 1. The zero-order chi connectivity index (χ0) is 53.3. The minimum absolute atomic E-state index is 0.258. The molecule has 1 aliphatic heterocycles. The summed E-state index contributed by atoms with van der Waals surface area (Å²) in [6.45, 7) is 3.49. The van der Waals surface area contributed by atoms with Crippen molar-refractivity contribution < 1.29 is 50.0 Å². The molecule has 1 heterocycles. The normalized spacial score (nSPS) is 20.0. The van der Waals surface area contributed by atoms with Gasteiger partial charge in [0.15, 0.2) is 6.29 Å². The van der Waals surface area contributed by atoms with Gasteiger partial charge in [-0.1, -0.05) is 276 Å². The van der Waals surface area contributed by atoms with Crippen molar-refractivity contribution in [1.82, 2.24) is 5.32 Å². The quantitative estimate of drug-likeness (QED) is 0.0215. The van der Waals surface area contributed by atoms with E-state index in [1.165, 1.54) is 205 Å². The average molecular weight is 1040 g/mol. The van der Waals surface area contributed by atoms with E-state index in [4.69, 9.17) is 9.47 Å². The molecule has 1 aliphatic rings. The molecule has 0 saturated carbocycles. The van der Waals surface area contributed by atoms with Crippen LogP contribution < -0.4 is 5.32 Å². The molecule has 1 amide bonds. The summed E-state index contributed by atoms with van der Waals surface area (Å²) in [7, 11) is 0. The lowest BCUT2D eigenvalue weighted by Gasteiger charge is -2.40. The fourth-order valence-corrected chi connectivity index (χ4v) is 10.2. The van der Waals surface area contributed by atoms with Gasteiger partial charge in [-0.05, 0) is 44.9 Å². The van der Waals surface area contributed by atoms with Crippen molar-refractivity contribution in [3.63, 3.8) is 0 Å². The van der Waals surface area contributed by atoms with Crippen molar-refractivity contribution in [2.75, 3.05) is 13.2 Å². The fourth-order valence-electron chi connectivity index (χ4n) is 10.2. The average Bonchev–Trinajstić information content (AvgIpc) is 3.39. The van der Waals surface area contributed by atoms with Crippen LogP contribution in [0.15, 0.2) is 24.3 Å². The van der Waals surface area contributed by atoms with Crippen LogP contribution in [0.4, 0.5) is 0 Å². The van der Waals surface area contributed by atoms with Crippen LogP contribution in [0.2, 0.25) is 0 Å². The highest BCUT2D eigenvalue weighted by molar-refractivity contribution is 5.80. The van der Waals surface area contributed by atoms with Gasteiger partial charge in [0.2, 0.25) is 5.91 Å². The molecule has 0 radical (unpaired) electrons. The molecule has 0 bridgehead atoms. The molecule has 0 aromatic rings. The number of aliphatic hydroxyl groups is 7. The van der Waals surface area contributed by atoms with Crippen molar-refractivity contribution >= 4 is 5.91 Å². The largest absolute Gasteiger partial charge is 0.394 e. The van der Waals surface area contributed by atoms with Crippen molar-refractivity contribution in [2.45, 2.75) is 351 Å². The van der Waals surface area contributed by atoms with Gasteiger partial charge < -0.3 is 50.5 Å². The SMILES string of the molecule is CCCCCCCCCCC/C=C\C/C=C\CCCCCCCCCCCCC(O)C(=O)NC(COC1OC(CO)C(O)C(O)C1O)C(O)C(O)CCCCCCCCCCCCCCCCCCCCCC. The Kier molecular flexibility index (Phi) is 49.0. The number of nitrogens with one attached hydrogen (secondary N) is 1. The van der Waals surface area contributed by atoms with Crippen molar-refractivity contribution in [3.05, 3.63) is 24.3 Å². The Labute approximate surface area is 448 Å². The molecule has 0 spiro atoms. The van der Waals surface area contributed by atoms with Gasteiger partial charge in [0.25, 0.3) is 0 Å². The number of ether oxygens (including phenoxy) is 2. The van der Waals surface area contributed by atoms with Crippen molar-refractivity contribution in [1.29, 1.82) is 0 Å². The van der Waals surface area contributed by atoms with E-state index in [2.05, 4.69) is 43.5 Å². The molecule has 8 N–H and O–H groups in total. The van der Waals surface area contributed by atoms with E-state index in [-0.39, 0.29) is 6.42 Å². The molecule has 1 saturated heterocycles. The molecule has 11 nitrogen and oxygen atoms in total. The van der Waals surface area contributed by atoms with Crippen LogP contribution in [-0.4, -0.2) is 110 Å². The summed E-state index contributed by atoms with van der Waals surface area (Å²) in [4.78, 5) is 13.2. The van der Waals surface area contributed by atoms with Crippen molar-refractivity contribution in [3.8, 4) is 0 Å². The minimum atomic E-state index is -1.66. The summed E-state index contributed by atoms with van der Waals surface area (Å²) < 4.78 is 11.2. The van der Waals surface area contributed by atoms with E-state index in [0.29, 0.717) is 19.3 Å². The van der Waals surface area contributed by atoms with Crippen LogP contribution in [-0.2, 0) is 14.3 Å². The fraction of sp³-hybridized carbons (Fsp3) is 0.919. The van der Waals surface area contributed by atoms with Crippen LogP contribution in [0, 0.1) is 0 Å². The van der Waals surface area contributed by atoms with E-state index >= 15 is 0 Å². The number of amides is 1. The minimum Gasteiger partial charge on any atom is -0.394 e. The van der Waals surface area contributed by atoms with E-state index < -0.39 is 74.2 Å². The molecule has 0 aromatic heterocycles. The lowest BCUT2D eigenvalue weighted by molar-refractivity contribution is -0.303. The second kappa shape index (κ2) is 51.4. The molecule has 432 valence electrons. The number of rotatable bonds is 54. The van der Waals surface area contributed by atoms with E-state index in [9.17, 15) is 40.5 Å².